The molecule has 0 fully saturated rings. The molecule has 0 aliphatic rings. The van der Waals surface area contributed by atoms with Crippen LogP contribution in [0.4, 0.5) is 0 Å². The van der Waals surface area contributed by atoms with Gasteiger partial charge in [-0.15, -0.1) is 0 Å². The van der Waals surface area contributed by atoms with Crippen molar-refractivity contribution in [2.24, 2.45) is 7.05 Å². The van der Waals surface area contributed by atoms with Gasteiger partial charge in [-0.1, -0.05) is 36.4 Å². The van der Waals surface area contributed by atoms with Crippen molar-refractivity contribution in [2.75, 3.05) is 0 Å². The molecule has 26 heavy (non-hydrogen) atoms. The molecule has 4 heteroatoms. The van der Waals surface area contributed by atoms with E-state index in [1.165, 1.54) is 11.1 Å². The fraction of sp³-hybridized carbons (Fsp3) is 0.0455. The van der Waals surface area contributed by atoms with E-state index in [-0.39, 0.29) is 5.56 Å². The first-order chi connectivity index (χ1) is 12.7. The quantitative estimate of drug-likeness (QED) is 0.482. The van der Waals surface area contributed by atoms with Crippen LogP contribution in [0.1, 0.15) is 0 Å². The van der Waals surface area contributed by atoms with Crippen LogP contribution in [0.2, 0.25) is 0 Å². The summed E-state index contributed by atoms with van der Waals surface area (Å²) < 4.78 is 1.89. The van der Waals surface area contributed by atoms with Crippen LogP contribution in [-0.2, 0) is 7.05 Å². The average molecular weight is 339 g/mol. The zero-order valence-corrected chi connectivity index (χ0v) is 14.3. The maximum absolute atomic E-state index is 12.2. The zero-order valence-electron chi connectivity index (χ0n) is 14.3. The van der Waals surface area contributed by atoms with Crippen molar-refractivity contribution in [3.8, 4) is 22.3 Å². The summed E-state index contributed by atoms with van der Waals surface area (Å²) >= 11 is 0. The molecule has 3 aromatic heterocycles. The Kier molecular flexibility index (Phi) is 3.12. The Bertz CT molecular complexity index is 1310. The first kappa shape index (κ1) is 14.8. The van der Waals surface area contributed by atoms with Gasteiger partial charge >= 0.3 is 0 Å². The van der Waals surface area contributed by atoms with Crippen LogP contribution in [0.15, 0.2) is 78.0 Å². The van der Waals surface area contributed by atoms with Crippen molar-refractivity contribution in [2.45, 2.75) is 0 Å². The topological polar surface area (TPSA) is 53.6 Å². The molecule has 0 radical (unpaired) electrons. The lowest BCUT2D eigenvalue weighted by Gasteiger charge is -2.03. The van der Waals surface area contributed by atoms with Gasteiger partial charge in [-0.2, -0.15) is 0 Å². The third-order valence-corrected chi connectivity index (χ3v) is 4.98. The summed E-state index contributed by atoms with van der Waals surface area (Å²) in [5, 5.41) is 2.11. The van der Waals surface area contributed by atoms with Gasteiger partial charge in [-0.25, -0.2) is 0 Å². The van der Waals surface area contributed by atoms with Crippen molar-refractivity contribution in [3.05, 3.63) is 83.5 Å². The van der Waals surface area contributed by atoms with Gasteiger partial charge in [0.05, 0.1) is 0 Å². The van der Waals surface area contributed by atoms with E-state index in [1.54, 1.807) is 6.20 Å². The number of aryl methyl sites for hydroxylation is 1. The molecule has 0 saturated carbocycles. The Hall–Kier alpha value is -3.53. The molecule has 0 spiro atoms. The number of aromatic nitrogens is 3. The molecular formula is C22H17N3O. The highest BCUT2D eigenvalue weighted by atomic mass is 16.1. The van der Waals surface area contributed by atoms with E-state index in [4.69, 9.17) is 0 Å². The lowest BCUT2D eigenvalue weighted by molar-refractivity contribution is 0.958. The molecule has 2 aromatic carbocycles. The maximum atomic E-state index is 12.2. The van der Waals surface area contributed by atoms with Crippen molar-refractivity contribution in [1.82, 2.24) is 14.5 Å². The number of aromatic amines is 2. The van der Waals surface area contributed by atoms with Crippen LogP contribution >= 0.6 is 0 Å². The van der Waals surface area contributed by atoms with E-state index in [9.17, 15) is 4.79 Å². The van der Waals surface area contributed by atoms with Crippen molar-refractivity contribution < 1.29 is 0 Å². The lowest BCUT2D eigenvalue weighted by Crippen LogP contribution is -2.07. The number of fused-ring (bicyclic) bond motifs is 2. The minimum Gasteiger partial charge on any atom is -0.361 e. The molecule has 0 unspecified atom stereocenters. The monoisotopic (exact) mass is 339 g/mol. The SMILES string of the molecule is Cn1cc(-c2c[nH]c3ccc(-c4ccccc4)cc23)c2cc[nH]c(=O)c21. The van der Waals surface area contributed by atoms with Crippen molar-refractivity contribution in [1.29, 1.82) is 0 Å². The molecule has 5 aromatic rings. The number of rotatable bonds is 2. The predicted octanol–water partition coefficient (Wildman–Crippen LogP) is 4.68. The van der Waals surface area contributed by atoms with Gasteiger partial charge in [0.15, 0.2) is 0 Å². The number of hydrogen-bond donors (Lipinski definition) is 2. The third kappa shape index (κ3) is 2.12. The molecule has 4 nitrogen and oxygen atoms in total. The number of benzene rings is 2. The third-order valence-electron chi connectivity index (χ3n) is 4.98. The first-order valence-corrected chi connectivity index (χ1v) is 8.56. The predicted molar refractivity (Wildman–Crippen MR) is 106 cm³/mol. The van der Waals surface area contributed by atoms with E-state index < -0.39 is 0 Å². The van der Waals surface area contributed by atoms with Crippen LogP contribution in [0.3, 0.4) is 0 Å². The highest BCUT2D eigenvalue weighted by Gasteiger charge is 2.15. The van der Waals surface area contributed by atoms with E-state index >= 15 is 0 Å². The Balaban J connectivity index is 1.78. The van der Waals surface area contributed by atoms with E-state index in [0.717, 1.165) is 27.4 Å². The number of hydrogen-bond acceptors (Lipinski definition) is 1. The fourth-order valence-corrected chi connectivity index (χ4v) is 3.73. The van der Waals surface area contributed by atoms with Crippen LogP contribution in [0.25, 0.3) is 44.1 Å². The largest absolute Gasteiger partial charge is 0.361 e. The standard InChI is InChI=1S/C22H17N3O/c1-25-13-19(16-9-10-23-22(26)21(16)25)18-12-24-20-8-7-15(11-17(18)20)14-5-3-2-4-6-14/h2-13,24H,1H3,(H,23,26). The van der Waals surface area contributed by atoms with Crippen molar-refractivity contribution >= 4 is 21.8 Å². The van der Waals surface area contributed by atoms with Gasteiger partial charge in [-0.05, 0) is 29.3 Å². The van der Waals surface area contributed by atoms with E-state index in [1.807, 2.05) is 36.1 Å². The Labute approximate surface area is 149 Å². The Morgan fingerprint density at radius 3 is 2.54 bits per heavy atom. The second-order valence-electron chi connectivity index (χ2n) is 6.55. The summed E-state index contributed by atoms with van der Waals surface area (Å²) in [5.41, 5.74) is 6.24. The van der Waals surface area contributed by atoms with Crippen LogP contribution in [0.5, 0.6) is 0 Å². The van der Waals surface area contributed by atoms with Crippen LogP contribution < -0.4 is 5.56 Å². The van der Waals surface area contributed by atoms with E-state index in [0.29, 0.717) is 5.52 Å². The molecule has 5 rings (SSSR count). The van der Waals surface area contributed by atoms with Gasteiger partial charge in [0.25, 0.3) is 5.56 Å². The van der Waals surface area contributed by atoms with Gasteiger partial charge in [0.2, 0.25) is 0 Å². The van der Waals surface area contributed by atoms with Gasteiger partial charge < -0.3 is 14.5 Å². The molecular weight excluding hydrogens is 322 g/mol. The number of pyridine rings is 1. The second-order valence-corrected chi connectivity index (χ2v) is 6.55. The minimum atomic E-state index is -0.0685. The highest BCUT2D eigenvalue weighted by Crippen LogP contribution is 2.35. The smallest absolute Gasteiger partial charge is 0.272 e. The number of nitrogens with one attached hydrogen (secondary N) is 2. The summed E-state index contributed by atoms with van der Waals surface area (Å²) in [6.45, 7) is 0. The molecule has 0 aliphatic heterocycles. The average Bonchev–Trinajstić information content (AvgIpc) is 3.23. The van der Waals surface area contributed by atoms with Crippen molar-refractivity contribution in [3.63, 3.8) is 0 Å². The summed E-state index contributed by atoms with van der Waals surface area (Å²) in [7, 11) is 1.91. The maximum Gasteiger partial charge on any atom is 0.272 e. The molecule has 0 amide bonds. The molecule has 0 bridgehead atoms. The van der Waals surface area contributed by atoms with E-state index in [2.05, 4.69) is 52.4 Å². The first-order valence-electron chi connectivity index (χ1n) is 8.56. The summed E-state index contributed by atoms with van der Waals surface area (Å²) in [5.74, 6) is 0. The van der Waals surface area contributed by atoms with Crippen LogP contribution in [-0.4, -0.2) is 14.5 Å². The van der Waals surface area contributed by atoms with Crippen LogP contribution in [0, 0.1) is 0 Å². The molecule has 3 heterocycles. The summed E-state index contributed by atoms with van der Waals surface area (Å²) in [6, 6.07) is 18.8. The molecule has 0 saturated heterocycles. The highest BCUT2D eigenvalue weighted by molar-refractivity contribution is 6.05. The zero-order chi connectivity index (χ0) is 17.7. The fourth-order valence-electron chi connectivity index (χ4n) is 3.73. The van der Waals surface area contributed by atoms with Gasteiger partial charge in [0.1, 0.15) is 5.52 Å². The second kappa shape index (κ2) is 5.49. The number of H-pyrrole nitrogens is 2. The van der Waals surface area contributed by atoms with Gasteiger partial charge in [-0.3, -0.25) is 4.79 Å². The Morgan fingerprint density at radius 1 is 0.846 bits per heavy atom. The Morgan fingerprint density at radius 2 is 1.69 bits per heavy atom. The normalized spacial score (nSPS) is 11.4. The lowest BCUT2D eigenvalue weighted by atomic mass is 10.00. The summed E-state index contributed by atoms with van der Waals surface area (Å²) in [6.07, 6.45) is 5.76. The minimum absolute atomic E-state index is 0.0685. The molecule has 2 N–H and O–H groups in total. The molecule has 0 aliphatic carbocycles. The van der Waals surface area contributed by atoms with Gasteiger partial charge in [0, 0.05) is 53.1 Å². The summed E-state index contributed by atoms with van der Waals surface area (Å²) in [4.78, 5) is 18.3. The number of nitrogens with zero attached hydrogens (tertiary/aromatic N) is 1. The molecule has 0 atom stereocenters. The molecule has 126 valence electrons.